The van der Waals surface area contributed by atoms with Gasteiger partial charge >= 0.3 is 0 Å². The van der Waals surface area contributed by atoms with Gasteiger partial charge in [-0.2, -0.15) is 0 Å². The van der Waals surface area contributed by atoms with Gasteiger partial charge in [-0.15, -0.1) is 0 Å². The topological polar surface area (TPSA) is 51.2 Å². The number of piperazine rings is 1. The van der Waals surface area contributed by atoms with Gasteiger partial charge in [0.25, 0.3) is 5.91 Å². The Balaban J connectivity index is 2.16. The highest BCUT2D eigenvalue weighted by atomic mass is 16.5. The van der Waals surface area contributed by atoms with Crippen molar-refractivity contribution in [3.8, 4) is 17.2 Å². The van der Waals surface area contributed by atoms with Crippen molar-refractivity contribution in [3.05, 3.63) is 17.7 Å². The molecular formula is C18H28N2O4. The number of ether oxygens (including phenoxy) is 3. The number of hydrogen-bond acceptors (Lipinski definition) is 5. The van der Waals surface area contributed by atoms with E-state index >= 15 is 0 Å². The molecule has 1 aromatic carbocycles. The molecule has 6 heteroatoms. The van der Waals surface area contributed by atoms with Crippen molar-refractivity contribution < 1.29 is 19.0 Å². The zero-order valence-corrected chi connectivity index (χ0v) is 15.3. The largest absolute Gasteiger partial charge is 0.493 e. The zero-order valence-electron chi connectivity index (χ0n) is 15.3. The molecule has 2 rings (SSSR count). The van der Waals surface area contributed by atoms with Gasteiger partial charge in [-0.1, -0.05) is 6.92 Å². The third kappa shape index (κ3) is 3.75. The van der Waals surface area contributed by atoms with E-state index in [4.69, 9.17) is 14.2 Å². The van der Waals surface area contributed by atoms with E-state index in [1.807, 2.05) is 4.90 Å². The molecule has 0 unspecified atom stereocenters. The Morgan fingerprint density at radius 3 is 2.00 bits per heavy atom. The molecule has 0 N–H and O–H groups in total. The average Bonchev–Trinajstić information content (AvgIpc) is 2.65. The first-order valence-corrected chi connectivity index (χ1v) is 8.39. The minimum atomic E-state index is -0.00180. The van der Waals surface area contributed by atoms with E-state index in [1.54, 1.807) is 33.5 Å². The summed E-state index contributed by atoms with van der Waals surface area (Å²) in [5, 5.41) is 0. The lowest BCUT2D eigenvalue weighted by atomic mass is 10.1. The Labute approximate surface area is 144 Å². The van der Waals surface area contributed by atoms with Gasteiger partial charge in [0.15, 0.2) is 11.5 Å². The van der Waals surface area contributed by atoms with Crippen molar-refractivity contribution in [1.82, 2.24) is 9.80 Å². The van der Waals surface area contributed by atoms with E-state index in [0.29, 0.717) is 28.9 Å². The Bertz CT molecular complexity index is 543. The lowest BCUT2D eigenvalue weighted by molar-refractivity contribution is 0.0579. The van der Waals surface area contributed by atoms with Crippen molar-refractivity contribution in [2.45, 2.75) is 26.3 Å². The maximum atomic E-state index is 12.8. The van der Waals surface area contributed by atoms with Gasteiger partial charge in [-0.05, 0) is 25.5 Å². The number of nitrogens with zero attached hydrogens (tertiary/aromatic N) is 2. The monoisotopic (exact) mass is 336 g/mol. The quantitative estimate of drug-likeness (QED) is 0.798. The third-order valence-electron chi connectivity index (χ3n) is 4.73. The van der Waals surface area contributed by atoms with Crippen molar-refractivity contribution >= 4 is 5.91 Å². The first-order chi connectivity index (χ1) is 11.5. The molecule has 24 heavy (non-hydrogen) atoms. The summed E-state index contributed by atoms with van der Waals surface area (Å²) in [6.45, 7) is 7.71. The van der Waals surface area contributed by atoms with Crippen LogP contribution in [0.5, 0.6) is 17.2 Å². The second-order valence-corrected chi connectivity index (χ2v) is 6.00. The summed E-state index contributed by atoms with van der Waals surface area (Å²) >= 11 is 0. The fourth-order valence-corrected chi connectivity index (χ4v) is 3.01. The first-order valence-electron chi connectivity index (χ1n) is 8.39. The molecule has 1 amide bonds. The minimum absolute atomic E-state index is 0.00180. The third-order valence-corrected chi connectivity index (χ3v) is 4.73. The Hall–Kier alpha value is -1.95. The van der Waals surface area contributed by atoms with Crippen LogP contribution in [0.2, 0.25) is 0 Å². The molecule has 1 saturated heterocycles. The Kier molecular flexibility index (Phi) is 6.31. The van der Waals surface area contributed by atoms with Crippen LogP contribution in [-0.4, -0.2) is 69.3 Å². The summed E-state index contributed by atoms with van der Waals surface area (Å²) in [7, 11) is 4.66. The normalized spacial score (nSPS) is 16.6. The van der Waals surface area contributed by atoms with Gasteiger partial charge in [-0.25, -0.2) is 0 Å². The average molecular weight is 336 g/mol. The van der Waals surface area contributed by atoms with Crippen molar-refractivity contribution in [2.24, 2.45) is 0 Å². The van der Waals surface area contributed by atoms with E-state index in [0.717, 1.165) is 32.6 Å². The number of methoxy groups -OCH3 is 3. The maximum absolute atomic E-state index is 12.8. The van der Waals surface area contributed by atoms with Gasteiger partial charge in [0.2, 0.25) is 5.75 Å². The van der Waals surface area contributed by atoms with E-state index in [9.17, 15) is 4.79 Å². The van der Waals surface area contributed by atoms with Crippen LogP contribution in [0, 0.1) is 0 Å². The molecule has 134 valence electrons. The van der Waals surface area contributed by atoms with Crippen molar-refractivity contribution in [3.63, 3.8) is 0 Å². The molecule has 0 bridgehead atoms. The predicted molar refractivity (Wildman–Crippen MR) is 93.3 cm³/mol. The minimum Gasteiger partial charge on any atom is -0.493 e. The van der Waals surface area contributed by atoms with Crippen molar-refractivity contribution in [1.29, 1.82) is 0 Å². The first kappa shape index (κ1) is 18.4. The molecule has 0 radical (unpaired) electrons. The van der Waals surface area contributed by atoms with Crippen LogP contribution in [0.3, 0.4) is 0 Å². The van der Waals surface area contributed by atoms with Gasteiger partial charge in [0.05, 0.1) is 21.3 Å². The molecule has 0 spiro atoms. The van der Waals surface area contributed by atoms with Crippen LogP contribution in [-0.2, 0) is 0 Å². The summed E-state index contributed by atoms with van der Waals surface area (Å²) in [4.78, 5) is 17.2. The lowest BCUT2D eigenvalue weighted by Crippen LogP contribution is -2.51. The fraction of sp³-hybridized carbons (Fsp3) is 0.611. The Morgan fingerprint density at radius 1 is 1.04 bits per heavy atom. The molecule has 1 aliphatic rings. The van der Waals surface area contributed by atoms with Crippen LogP contribution in [0.15, 0.2) is 12.1 Å². The highest BCUT2D eigenvalue weighted by Gasteiger charge is 2.26. The SMILES string of the molecule is CC[C@@H](C)N1CCN(C(=O)c2cc(OC)c(OC)c(OC)c2)CC1. The number of rotatable bonds is 6. The summed E-state index contributed by atoms with van der Waals surface area (Å²) < 4.78 is 16.0. The highest BCUT2D eigenvalue weighted by Crippen LogP contribution is 2.38. The molecule has 0 aromatic heterocycles. The summed E-state index contributed by atoms with van der Waals surface area (Å²) in [5.41, 5.74) is 0.557. The number of amides is 1. The highest BCUT2D eigenvalue weighted by molar-refractivity contribution is 5.95. The molecule has 1 heterocycles. The predicted octanol–water partition coefficient (Wildman–Crippen LogP) is 2.27. The summed E-state index contributed by atoms with van der Waals surface area (Å²) in [6, 6.07) is 3.98. The number of benzene rings is 1. The van der Waals surface area contributed by atoms with Crippen LogP contribution < -0.4 is 14.2 Å². The van der Waals surface area contributed by atoms with Crippen LogP contribution in [0.4, 0.5) is 0 Å². The molecule has 1 atom stereocenters. The van der Waals surface area contributed by atoms with Gasteiger partial charge in [0.1, 0.15) is 0 Å². The number of hydrogen-bond donors (Lipinski definition) is 0. The fourth-order valence-electron chi connectivity index (χ4n) is 3.01. The molecule has 1 fully saturated rings. The molecule has 6 nitrogen and oxygen atoms in total. The number of carbonyl (C=O) groups excluding carboxylic acids is 1. The zero-order chi connectivity index (χ0) is 17.7. The standard InChI is InChI=1S/C18H28N2O4/c1-6-13(2)19-7-9-20(10-8-19)18(21)14-11-15(22-3)17(24-5)16(12-14)23-4/h11-13H,6-10H2,1-5H3/t13-/m1/s1. The molecular weight excluding hydrogens is 308 g/mol. The summed E-state index contributed by atoms with van der Waals surface area (Å²) in [5.74, 6) is 1.49. The van der Waals surface area contributed by atoms with Crippen LogP contribution in [0.1, 0.15) is 30.6 Å². The van der Waals surface area contributed by atoms with E-state index < -0.39 is 0 Å². The van der Waals surface area contributed by atoms with Gasteiger partial charge in [-0.3, -0.25) is 9.69 Å². The molecule has 0 aliphatic carbocycles. The maximum Gasteiger partial charge on any atom is 0.254 e. The van der Waals surface area contributed by atoms with E-state index in [2.05, 4.69) is 18.7 Å². The number of carbonyl (C=O) groups is 1. The van der Waals surface area contributed by atoms with Crippen LogP contribution in [0.25, 0.3) is 0 Å². The summed E-state index contributed by atoms with van der Waals surface area (Å²) in [6.07, 6.45) is 1.13. The smallest absolute Gasteiger partial charge is 0.254 e. The molecule has 1 aromatic rings. The second-order valence-electron chi connectivity index (χ2n) is 6.00. The van der Waals surface area contributed by atoms with Crippen LogP contribution >= 0.6 is 0 Å². The van der Waals surface area contributed by atoms with Gasteiger partial charge < -0.3 is 19.1 Å². The lowest BCUT2D eigenvalue weighted by Gasteiger charge is -2.37. The van der Waals surface area contributed by atoms with E-state index in [1.165, 1.54) is 0 Å². The Morgan fingerprint density at radius 2 is 1.58 bits per heavy atom. The van der Waals surface area contributed by atoms with E-state index in [-0.39, 0.29) is 5.91 Å². The second kappa shape index (κ2) is 8.24. The van der Waals surface area contributed by atoms with Crippen molar-refractivity contribution in [2.75, 3.05) is 47.5 Å². The molecule has 0 saturated carbocycles. The molecule has 1 aliphatic heterocycles. The van der Waals surface area contributed by atoms with Gasteiger partial charge in [0, 0.05) is 37.8 Å².